The summed E-state index contributed by atoms with van der Waals surface area (Å²) in [6.45, 7) is 7.20. The van der Waals surface area contributed by atoms with Crippen molar-refractivity contribution < 1.29 is 5.11 Å². The van der Waals surface area contributed by atoms with Crippen LogP contribution < -0.4 is 0 Å². The lowest BCUT2D eigenvalue weighted by Crippen LogP contribution is -2.56. The van der Waals surface area contributed by atoms with Gasteiger partial charge in [-0.2, -0.15) is 0 Å². The molecule has 142 valence electrons. The lowest BCUT2D eigenvalue weighted by atomic mass is 9.44. The van der Waals surface area contributed by atoms with E-state index in [-0.39, 0.29) is 5.41 Å². The molecule has 9 atom stereocenters. The van der Waals surface area contributed by atoms with Gasteiger partial charge in [-0.1, -0.05) is 13.8 Å². The van der Waals surface area contributed by atoms with E-state index in [9.17, 15) is 5.11 Å². The second-order valence-electron chi connectivity index (χ2n) is 11.2. The van der Waals surface area contributed by atoms with Crippen LogP contribution in [-0.4, -0.2) is 40.5 Å². The minimum atomic E-state index is -0.434. The average Bonchev–Trinajstić information content (AvgIpc) is 2.93. The molecular formula is C22H38N2O. The number of rotatable bonds is 0. The lowest BCUT2D eigenvalue weighted by Gasteiger charge is -2.61. The summed E-state index contributed by atoms with van der Waals surface area (Å²) >= 11 is 0. The van der Waals surface area contributed by atoms with E-state index in [2.05, 4.69) is 44.9 Å². The first-order valence-corrected chi connectivity index (χ1v) is 10.9. The molecule has 5 rings (SSSR count). The van der Waals surface area contributed by atoms with Gasteiger partial charge in [0.25, 0.3) is 0 Å². The number of aliphatic hydroxyl groups is 1. The maximum Gasteiger partial charge on any atom is 0.100 e. The highest BCUT2D eigenvalue weighted by molar-refractivity contribution is 5.15. The molecule has 0 amide bonds. The minimum Gasteiger partial charge on any atom is -0.390 e. The van der Waals surface area contributed by atoms with Crippen LogP contribution in [0.15, 0.2) is 0 Å². The molecule has 1 aliphatic heterocycles. The summed E-state index contributed by atoms with van der Waals surface area (Å²) in [4.78, 5) is 0. The van der Waals surface area contributed by atoms with Gasteiger partial charge in [-0.25, -0.2) is 10.0 Å². The summed E-state index contributed by atoms with van der Waals surface area (Å²) < 4.78 is 0. The van der Waals surface area contributed by atoms with Crippen molar-refractivity contribution >= 4 is 0 Å². The van der Waals surface area contributed by atoms with Crippen LogP contribution in [0, 0.1) is 34.5 Å². The van der Waals surface area contributed by atoms with Crippen molar-refractivity contribution in [3.8, 4) is 0 Å². The van der Waals surface area contributed by atoms with Crippen molar-refractivity contribution in [1.82, 2.24) is 10.0 Å². The van der Waals surface area contributed by atoms with Crippen LogP contribution >= 0.6 is 0 Å². The number of fused-ring (bicyclic) bond motifs is 5. The molecule has 0 aromatic carbocycles. The summed E-state index contributed by atoms with van der Waals surface area (Å²) in [7, 11) is 4.56. The first-order valence-electron chi connectivity index (χ1n) is 10.9. The molecule has 1 spiro atoms. The van der Waals surface area contributed by atoms with Crippen LogP contribution in [0.2, 0.25) is 0 Å². The van der Waals surface area contributed by atoms with Crippen molar-refractivity contribution in [3.05, 3.63) is 0 Å². The summed E-state index contributed by atoms with van der Waals surface area (Å²) in [6.07, 6.45) is 11.9. The monoisotopic (exact) mass is 346 g/mol. The Labute approximate surface area is 154 Å². The second kappa shape index (κ2) is 4.83. The Morgan fingerprint density at radius 3 is 2.16 bits per heavy atom. The van der Waals surface area contributed by atoms with E-state index in [4.69, 9.17) is 0 Å². The van der Waals surface area contributed by atoms with Crippen LogP contribution in [0.5, 0.6) is 0 Å². The summed E-state index contributed by atoms with van der Waals surface area (Å²) in [5.74, 6) is 3.45. The Hall–Kier alpha value is -0.120. The molecule has 3 heteroatoms. The molecule has 4 saturated carbocycles. The quantitative estimate of drug-likeness (QED) is 0.664. The molecule has 5 aliphatic rings. The Kier molecular flexibility index (Phi) is 3.29. The predicted octanol–water partition coefficient (Wildman–Crippen LogP) is 4.27. The molecule has 25 heavy (non-hydrogen) atoms. The van der Waals surface area contributed by atoms with Gasteiger partial charge in [-0.15, -0.1) is 0 Å². The van der Waals surface area contributed by atoms with Crippen LogP contribution in [0.25, 0.3) is 0 Å². The topological polar surface area (TPSA) is 26.2 Å². The normalized spacial score (nSPS) is 66.0. The zero-order valence-corrected chi connectivity index (χ0v) is 17.0. The SMILES string of the molecule is CN1N(C)C12CC[C@@]1(C)[C@H](CC[C@@H]3[C@@H]1CC[C@@]1(C)[C@H]3CC[C@]1(C)O)C2. The van der Waals surface area contributed by atoms with E-state index >= 15 is 0 Å². The number of hydrazine groups is 1. The van der Waals surface area contributed by atoms with E-state index in [1.165, 1.54) is 51.4 Å². The molecule has 5 fully saturated rings. The highest BCUT2D eigenvalue weighted by Crippen LogP contribution is 2.69. The van der Waals surface area contributed by atoms with Crippen molar-refractivity contribution in [2.45, 2.75) is 89.8 Å². The van der Waals surface area contributed by atoms with Crippen molar-refractivity contribution in [3.63, 3.8) is 0 Å². The van der Waals surface area contributed by atoms with Crippen LogP contribution in [0.1, 0.15) is 78.6 Å². The van der Waals surface area contributed by atoms with E-state index in [1.807, 2.05) is 0 Å². The van der Waals surface area contributed by atoms with Gasteiger partial charge < -0.3 is 5.11 Å². The Morgan fingerprint density at radius 2 is 1.48 bits per heavy atom. The molecule has 1 N–H and O–H groups in total. The fourth-order valence-electron chi connectivity index (χ4n) is 8.60. The van der Waals surface area contributed by atoms with Gasteiger partial charge in [0, 0.05) is 14.1 Å². The molecular weight excluding hydrogens is 308 g/mol. The van der Waals surface area contributed by atoms with Gasteiger partial charge in [0.05, 0.1) is 5.60 Å². The van der Waals surface area contributed by atoms with Crippen LogP contribution in [0.4, 0.5) is 0 Å². The molecule has 0 aromatic heterocycles. The van der Waals surface area contributed by atoms with E-state index in [0.717, 1.165) is 30.1 Å². The molecule has 0 radical (unpaired) electrons. The zero-order chi connectivity index (χ0) is 17.8. The van der Waals surface area contributed by atoms with Gasteiger partial charge >= 0.3 is 0 Å². The summed E-state index contributed by atoms with van der Waals surface area (Å²) in [5.41, 5.74) is 0.687. The van der Waals surface area contributed by atoms with Gasteiger partial charge in [0.15, 0.2) is 0 Å². The molecule has 3 nitrogen and oxygen atoms in total. The predicted molar refractivity (Wildman–Crippen MR) is 101 cm³/mol. The average molecular weight is 347 g/mol. The van der Waals surface area contributed by atoms with Gasteiger partial charge in [-0.05, 0) is 99.2 Å². The third-order valence-corrected chi connectivity index (χ3v) is 10.9. The van der Waals surface area contributed by atoms with Crippen molar-refractivity contribution in [2.24, 2.45) is 34.5 Å². The molecule has 2 unspecified atom stereocenters. The van der Waals surface area contributed by atoms with Crippen molar-refractivity contribution in [1.29, 1.82) is 0 Å². The maximum absolute atomic E-state index is 11.1. The molecule has 1 heterocycles. The van der Waals surface area contributed by atoms with Gasteiger partial charge in [0.2, 0.25) is 0 Å². The summed E-state index contributed by atoms with van der Waals surface area (Å²) in [6, 6.07) is 0. The van der Waals surface area contributed by atoms with Crippen LogP contribution in [0.3, 0.4) is 0 Å². The van der Waals surface area contributed by atoms with Crippen molar-refractivity contribution in [2.75, 3.05) is 14.1 Å². The summed E-state index contributed by atoms with van der Waals surface area (Å²) in [5, 5.41) is 16.0. The van der Waals surface area contributed by atoms with E-state index < -0.39 is 5.60 Å². The fourth-order valence-corrected chi connectivity index (χ4v) is 8.60. The first kappa shape index (κ1) is 17.0. The van der Waals surface area contributed by atoms with Gasteiger partial charge in [-0.3, -0.25) is 0 Å². The minimum absolute atomic E-state index is 0.171. The smallest absolute Gasteiger partial charge is 0.100 e. The van der Waals surface area contributed by atoms with E-state index in [1.54, 1.807) is 0 Å². The number of hydrogen-bond acceptors (Lipinski definition) is 3. The highest BCUT2D eigenvalue weighted by atomic mass is 16.3. The standard InChI is InChI=1S/C22H38N2O/c1-19-12-13-22(23(4)24(22)5)14-15(19)6-7-16-17(19)8-10-20(2)18(16)9-11-21(20,3)25/h15-18,25H,6-14H2,1-5H3/t15-,16-,17+,18+,19+,20+,21+,22?,23?,24?/m1/s1. The van der Waals surface area contributed by atoms with E-state index in [0.29, 0.717) is 11.1 Å². The number of nitrogens with zero attached hydrogens (tertiary/aromatic N) is 2. The molecule has 0 bridgehead atoms. The maximum atomic E-state index is 11.1. The number of hydrogen-bond donors (Lipinski definition) is 1. The second-order valence-corrected chi connectivity index (χ2v) is 11.2. The lowest BCUT2D eigenvalue weighted by molar-refractivity contribution is -0.149. The van der Waals surface area contributed by atoms with Crippen LogP contribution in [-0.2, 0) is 0 Å². The Bertz CT molecular complexity index is 581. The Balaban J connectivity index is 1.42. The molecule has 4 aliphatic carbocycles. The third-order valence-electron chi connectivity index (χ3n) is 10.9. The fraction of sp³-hybridized carbons (Fsp3) is 1.00. The largest absolute Gasteiger partial charge is 0.390 e. The zero-order valence-electron chi connectivity index (χ0n) is 17.0. The Morgan fingerprint density at radius 1 is 0.800 bits per heavy atom. The third kappa shape index (κ3) is 1.88. The molecule has 0 aromatic rings. The van der Waals surface area contributed by atoms with Gasteiger partial charge in [0.1, 0.15) is 5.66 Å². The first-order chi connectivity index (χ1) is 11.7. The molecule has 1 saturated heterocycles. The highest BCUT2D eigenvalue weighted by Gasteiger charge is 2.67.